The van der Waals surface area contributed by atoms with Gasteiger partial charge in [-0.25, -0.2) is 13.0 Å². The SMILES string of the molecule is N=S1(=O)CCN(S(=O)(=O)N(Cc2ccc(-c3nnc(C(F)F)o3)cc2F)c2ccc(F)cc2)CC1. The van der Waals surface area contributed by atoms with E-state index in [0.717, 1.165) is 26.8 Å². The van der Waals surface area contributed by atoms with Gasteiger partial charge in [0.15, 0.2) is 0 Å². The molecule has 35 heavy (non-hydrogen) atoms. The number of aromatic nitrogens is 2. The van der Waals surface area contributed by atoms with Crippen LogP contribution in [0.5, 0.6) is 0 Å². The highest BCUT2D eigenvalue weighted by molar-refractivity contribution is 7.93. The molecule has 1 saturated heterocycles. The first-order chi connectivity index (χ1) is 16.5. The van der Waals surface area contributed by atoms with Crippen molar-refractivity contribution >= 4 is 25.6 Å². The molecule has 9 nitrogen and oxygen atoms in total. The van der Waals surface area contributed by atoms with Gasteiger partial charge < -0.3 is 4.42 Å². The van der Waals surface area contributed by atoms with Gasteiger partial charge in [0.05, 0.1) is 12.2 Å². The summed E-state index contributed by atoms with van der Waals surface area (Å²) >= 11 is 0. The molecular formula is C20H19F4N5O4S2. The van der Waals surface area contributed by atoms with E-state index in [-0.39, 0.29) is 47.3 Å². The molecule has 1 aromatic heterocycles. The van der Waals surface area contributed by atoms with Gasteiger partial charge in [0.1, 0.15) is 11.6 Å². The molecule has 2 aromatic carbocycles. The standard InChI is InChI=1S/C20H19F4N5O4S2/c21-15-3-5-16(6-4-15)29(35(31,32)28-7-9-34(25,30)10-8-28)12-14-2-1-13(11-17(14)22)19-26-27-20(33-19)18(23)24/h1-6,11,18,25H,7-10,12H2. The molecule has 0 saturated carbocycles. The maximum atomic E-state index is 15.0. The minimum absolute atomic E-state index is 0.0167. The van der Waals surface area contributed by atoms with Crippen molar-refractivity contribution in [3.05, 3.63) is 65.6 Å². The monoisotopic (exact) mass is 533 g/mol. The fourth-order valence-corrected chi connectivity index (χ4v) is 6.48. The van der Waals surface area contributed by atoms with Gasteiger partial charge in [-0.2, -0.15) is 21.5 Å². The van der Waals surface area contributed by atoms with Crippen molar-refractivity contribution in [2.45, 2.75) is 13.0 Å². The summed E-state index contributed by atoms with van der Waals surface area (Å²) in [6.45, 7) is -0.806. The number of nitrogens with zero attached hydrogens (tertiary/aromatic N) is 4. The van der Waals surface area contributed by atoms with Crippen LogP contribution in [0.15, 0.2) is 46.9 Å². The van der Waals surface area contributed by atoms with Gasteiger partial charge in [-0.15, -0.1) is 10.2 Å². The number of benzene rings is 2. The molecule has 1 fully saturated rings. The quantitative estimate of drug-likeness (QED) is 0.464. The molecule has 0 spiro atoms. The minimum atomic E-state index is -4.28. The van der Waals surface area contributed by atoms with E-state index in [4.69, 9.17) is 9.20 Å². The smallest absolute Gasteiger partial charge is 0.314 e. The Labute approximate surface area is 198 Å². The van der Waals surface area contributed by atoms with Gasteiger partial charge >= 0.3 is 16.6 Å². The molecule has 1 aliphatic rings. The Morgan fingerprint density at radius 3 is 2.31 bits per heavy atom. The van der Waals surface area contributed by atoms with E-state index in [0.29, 0.717) is 0 Å². The van der Waals surface area contributed by atoms with Gasteiger partial charge in [0, 0.05) is 45.5 Å². The third kappa shape index (κ3) is 5.46. The van der Waals surface area contributed by atoms with Crippen molar-refractivity contribution in [3.8, 4) is 11.5 Å². The van der Waals surface area contributed by atoms with Crippen LogP contribution in [0.4, 0.5) is 23.2 Å². The maximum absolute atomic E-state index is 15.0. The van der Waals surface area contributed by atoms with Crippen LogP contribution in [-0.2, 0) is 26.5 Å². The molecular weight excluding hydrogens is 514 g/mol. The molecule has 1 N–H and O–H groups in total. The van der Waals surface area contributed by atoms with Gasteiger partial charge in [0.25, 0.3) is 5.89 Å². The van der Waals surface area contributed by atoms with Crippen LogP contribution in [0.1, 0.15) is 17.9 Å². The van der Waals surface area contributed by atoms with Crippen LogP contribution >= 0.6 is 0 Å². The summed E-state index contributed by atoms with van der Waals surface area (Å²) in [5, 5.41) is 6.64. The van der Waals surface area contributed by atoms with E-state index in [1.165, 1.54) is 24.3 Å². The molecule has 15 heteroatoms. The third-order valence-electron chi connectivity index (χ3n) is 5.30. The number of alkyl halides is 2. The Hall–Kier alpha value is -3.04. The van der Waals surface area contributed by atoms with Crippen LogP contribution in [0.2, 0.25) is 0 Å². The zero-order valence-corrected chi connectivity index (χ0v) is 19.5. The second-order valence-electron chi connectivity index (χ2n) is 7.66. The summed E-state index contributed by atoms with van der Waals surface area (Å²) in [6, 6.07) is 8.06. The van der Waals surface area contributed by atoms with Crippen molar-refractivity contribution in [1.29, 1.82) is 4.78 Å². The molecule has 188 valence electrons. The van der Waals surface area contributed by atoms with Gasteiger partial charge in [-0.3, -0.25) is 9.08 Å². The Morgan fingerprint density at radius 1 is 1.09 bits per heavy atom. The molecule has 0 unspecified atom stereocenters. The second kappa shape index (κ2) is 9.54. The van der Waals surface area contributed by atoms with E-state index in [1.807, 2.05) is 0 Å². The first-order valence-electron chi connectivity index (χ1n) is 10.1. The highest BCUT2D eigenvalue weighted by Crippen LogP contribution is 2.28. The predicted molar refractivity (Wildman–Crippen MR) is 118 cm³/mol. The number of halogens is 4. The maximum Gasteiger partial charge on any atom is 0.314 e. The predicted octanol–water partition coefficient (Wildman–Crippen LogP) is 3.57. The summed E-state index contributed by atoms with van der Waals surface area (Å²) in [7, 11) is -7.15. The Balaban J connectivity index is 1.66. The van der Waals surface area contributed by atoms with E-state index in [2.05, 4.69) is 10.2 Å². The molecule has 0 aliphatic carbocycles. The topological polar surface area (TPSA) is 120 Å². The largest absolute Gasteiger partial charge is 0.415 e. The third-order valence-corrected chi connectivity index (χ3v) is 8.90. The molecule has 0 radical (unpaired) electrons. The van der Waals surface area contributed by atoms with Crippen LogP contribution in [-0.4, -0.2) is 51.7 Å². The summed E-state index contributed by atoms with van der Waals surface area (Å²) in [6.07, 6.45) is -2.99. The zero-order valence-electron chi connectivity index (χ0n) is 17.9. The average Bonchev–Trinajstić information content (AvgIpc) is 3.29. The normalized spacial score (nSPS) is 16.5. The Kier molecular flexibility index (Phi) is 6.83. The molecule has 0 atom stereocenters. The first-order valence-corrected chi connectivity index (χ1v) is 13.4. The van der Waals surface area contributed by atoms with E-state index in [1.54, 1.807) is 0 Å². The minimum Gasteiger partial charge on any atom is -0.415 e. The lowest BCUT2D eigenvalue weighted by Crippen LogP contribution is -2.50. The number of hydrogen-bond donors (Lipinski definition) is 1. The Bertz CT molecular complexity index is 1420. The molecule has 1 aliphatic heterocycles. The fraction of sp³-hybridized carbons (Fsp3) is 0.300. The van der Waals surface area contributed by atoms with Gasteiger partial charge in [-0.1, -0.05) is 6.07 Å². The summed E-state index contributed by atoms with van der Waals surface area (Å²) < 4.78 is 107. The van der Waals surface area contributed by atoms with Crippen LogP contribution in [0.25, 0.3) is 11.5 Å². The summed E-state index contributed by atoms with van der Waals surface area (Å²) in [5.41, 5.74) is 0.00477. The lowest BCUT2D eigenvalue weighted by Gasteiger charge is -2.34. The highest BCUT2D eigenvalue weighted by Gasteiger charge is 2.34. The molecule has 2 heterocycles. The number of anilines is 1. The highest BCUT2D eigenvalue weighted by atomic mass is 32.2. The zero-order chi connectivity index (χ0) is 25.4. The second-order valence-corrected chi connectivity index (χ2v) is 12.0. The van der Waals surface area contributed by atoms with Crippen molar-refractivity contribution in [2.75, 3.05) is 28.9 Å². The lowest BCUT2D eigenvalue weighted by molar-refractivity contribution is 0.116. The van der Waals surface area contributed by atoms with E-state index < -0.39 is 50.4 Å². The van der Waals surface area contributed by atoms with Crippen LogP contribution in [0, 0.1) is 16.4 Å². The van der Waals surface area contributed by atoms with Crippen molar-refractivity contribution in [3.63, 3.8) is 0 Å². The average molecular weight is 534 g/mol. The van der Waals surface area contributed by atoms with Crippen LogP contribution in [0.3, 0.4) is 0 Å². The van der Waals surface area contributed by atoms with Gasteiger partial charge in [0.2, 0.25) is 5.89 Å². The Morgan fingerprint density at radius 2 is 1.74 bits per heavy atom. The summed E-state index contributed by atoms with van der Waals surface area (Å²) in [5.74, 6) is -3.00. The van der Waals surface area contributed by atoms with Crippen molar-refractivity contribution in [2.24, 2.45) is 0 Å². The molecule has 0 amide bonds. The first kappa shape index (κ1) is 25.1. The van der Waals surface area contributed by atoms with Crippen LogP contribution < -0.4 is 4.31 Å². The van der Waals surface area contributed by atoms with E-state index in [9.17, 15) is 30.2 Å². The fourth-order valence-electron chi connectivity index (χ4n) is 3.40. The van der Waals surface area contributed by atoms with E-state index >= 15 is 0 Å². The summed E-state index contributed by atoms with van der Waals surface area (Å²) in [4.78, 5) is 0. The molecule has 4 rings (SSSR count). The molecule has 3 aromatic rings. The van der Waals surface area contributed by atoms with Crippen molar-refractivity contribution in [1.82, 2.24) is 14.5 Å². The molecule has 0 bridgehead atoms. The lowest BCUT2D eigenvalue weighted by atomic mass is 10.1. The number of rotatable bonds is 7. The number of nitrogens with one attached hydrogen (secondary N) is 1. The van der Waals surface area contributed by atoms with Crippen molar-refractivity contribution < 1.29 is 34.6 Å². The van der Waals surface area contributed by atoms with Gasteiger partial charge in [-0.05, 0) is 36.4 Å². The number of hydrogen-bond acceptors (Lipinski definition) is 7.